The van der Waals surface area contributed by atoms with Gasteiger partial charge in [0, 0.05) is 4.47 Å². The molecule has 2 heteroatoms. The average Bonchev–Trinajstić information content (AvgIpc) is 2.05. The Morgan fingerprint density at radius 2 is 2.17 bits per heavy atom. The van der Waals surface area contributed by atoms with E-state index in [1.54, 1.807) is 0 Å². The number of hydrogen-bond donors (Lipinski definition) is 0. The van der Waals surface area contributed by atoms with Gasteiger partial charge in [-0.25, -0.2) is 6.57 Å². The molecule has 0 heterocycles. The van der Waals surface area contributed by atoms with Crippen LogP contribution in [0.3, 0.4) is 0 Å². The minimum Gasteiger partial charge on any atom is -0.316 e. The van der Waals surface area contributed by atoms with E-state index in [1.807, 2.05) is 18.2 Å². The molecule has 1 aromatic rings. The van der Waals surface area contributed by atoms with E-state index in [-0.39, 0.29) is 0 Å². The molecule has 0 radical (unpaired) electrons. The highest BCUT2D eigenvalue weighted by Crippen LogP contribution is 2.24. The van der Waals surface area contributed by atoms with Crippen molar-refractivity contribution in [2.45, 2.75) is 12.8 Å². The highest BCUT2D eigenvalue weighted by molar-refractivity contribution is 9.10. The van der Waals surface area contributed by atoms with Gasteiger partial charge < -0.3 is 4.85 Å². The Labute approximate surface area is 81.4 Å². The predicted molar refractivity (Wildman–Crippen MR) is 54.0 cm³/mol. The molecule has 1 aromatic carbocycles. The van der Waals surface area contributed by atoms with Crippen molar-refractivity contribution in [3.63, 3.8) is 0 Å². The zero-order valence-electron chi connectivity index (χ0n) is 6.92. The number of halogens is 1. The average molecular weight is 224 g/mol. The van der Waals surface area contributed by atoms with Crippen LogP contribution in [0.15, 0.2) is 28.7 Å². The second-order valence-electron chi connectivity index (χ2n) is 2.76. The van der Waals surface area contributed by atoms with Crippen molar-refractivity contribution in [3.05, 3.63) is 45.7 Å². The quantitative estimate of drug-likeness (QED) is 0.677. The summed E-state index contributed by atoms with van der Waals surface area (Å²) in [6, 6.07) is 8.05. The van der Waals surface area contributed by atoms with Gasteiger partial charge in [-0.05, 0) is 11.6 Å². The van der Waals surface area contributed by atoms with Crippen LogP contribution in [-0.2, 0) is 0 Å². The first-order chi connectivity index (χ1) is 5.75. The third-order valence-electron chi connectivity index (χ3n) is 1.80. The maximum absolute atomic E-state index is 6.76. The minimum absolute atomic E-state index is 0.318. The summed E-state index contributed by atoms with van der Waals surface area (Å²) < 4.78 is 1.10. The molecule has 0 aromatic heterocycles. The number of rotatable bonds is 2. The minimum atomic E-state index is 0.318. The summed E-state index contributed by atoms with van der Waals surface area (Å²) >= 11 is 3.46. The molecule has 0 saturated heterocycles. The Morgan fingerprint density at radius 3 is 2.75 bits per heavy atom. The van der Waals surface area contributed by atoms with Crippen LogP contribution < -0.4 is 0 Å². The first-order valence-electron chi connectivity index (χ1n) is 3.83. The van der Waals surface area contributed by atoms with Crippen molar-refractivity contribution in [1.82, 2.24) is 0 Å². The van der Waals surface area contributed by atoms with Gasteiger partial charge in [0.05, 0.1) is 5.92 Å². The topological polar surface area (TPSA) is 4.36 Å². The second-order valence-corrected chi connectivity index (χ2v) is 3.62. The molecule has 0 aliphatic rings. The zero-order chi connectivity index (χ0) is 8.97. The SMILES string of the molecule is [C-]#[N+]CC(C)c1ccccc1Br. The molecule has 62 valence electrons. The van der Waals surface area contributed by atoms with Gasteiger partial charge in [0.2, 0.25) is 6.54 Å². The van der Waals surface area contributed by atoms with Crippen LogP contribution >= 0.6 is 15.9 Å². The standard InChI is InChI=1S/C10H10BrN/c1-8(7-12-2)9-5-3-4-6-10(9)11/h3-6,8H,7H2,1H3. The van der Waals surface area contributed by atoms with E-state index in [9.17, 15) is 0 Å². The molecule has 1 rings (SSSR count). The Hall–Kier alpha value is -0.810. The van der Waals surface area contributed by atoms with E-state index in [0.29, 0.717) is 12.5 Å². The van der Waals surface area contributed by atoms with E-state index in [4.69, 9.17) is 6.57 Å². The molecule has 0 N–H and O–H groups in total. The smallest absolute Gasteiger partial charge is 0.221 e. The van der Waals surface area contributed by atoms with Gasteiger partial charge in [-0.3, -0.25) is 0 Å². The summed E-state index contributed by atoms with van der Waals surface area (Å²) in [7, 11) is 0. The first kappa shape index (κ1) is 9.28. The van der Waals surface area contributed by atoms with Crippen molar-refractivity contribution in [2.75, 3.05) is 6.54 Å². The highest BCUT2D eigenvalue weighted by Gasteiger charge is 2.10. The van der Waals surface area contributed by atoms with Gasteiger partial charge in [0.1, 0.15) is 0 Å². The lowest BCUT2D eigenvalue weighted by atomic mass is 10.0. The van der Waals surface area contributed by atoms with E-state index in [0.717, 1.165) is 4.47 Å². The fraction of sp³-hybridized carbons (Fsp3) is 0.300. The lowest BCUT2D eigenvalue weighted by molar-refractivity contribution is 0.829. The third kappa shape index (κ3) is 2.09. The molecule has 0 amide bonds. The van der Waals surface area contributed by atoms with Crippen LogP contribution in [0.25, 0.3) is 4.85 Å². The second kappa shape index (κ2) is 4.27. The fourth-order valence-corrected chi connectivity index (χ4v) is 1.79. The molecule has 0 saturated carbocycles. The van der Waals surface area contributed by atoms with Gasteiger partial charge in [0.15, 0.2) is 0 Å². The van der Waals surface area contributed by atoms with Gasteiger partial charge >= 0.3 is 0 Å². The summed E-state index contributed by atoms with van der Waals surface area (Å²) in [4.78, 5) is 3.38. The molecule has 0 aliphatic heterocycles. The van der Waals surface area contributed by atoms with E-state index < -0.39 is 0 Å². The molecular weight excluding hydrogens is 214 g/mol. The van der Waals surface area contributed by atoms with Crippen LogP contribution in [0.4, 0.5) is 0 Å². The van der Waals surface area contributed by atoms with Gasteiger partial charge in [-0.1, -0.05) is 41.1 Å². The maximum Gasteiger partial charge on any atom is 0.221 e. The molecule has 1 unspecified atom stereocenters. The van der Waals surface area contributed by atoms with E-state index >= 15 is 0 Å². The molecule has 0 bridgehead atoms. The van der Waals surface area contributed by atoms with Crippen molar-refractivity contribution >= 4 is 15.9 Å². The summed E-state index contributed by atoms with van der Waals surface area (Å²) in [5.41, 5.74) is 1.22. The van der Waals surface area contributed by atoms with Crippen molar-refractivity contribution < 1.29 is 0 Å². The fourth-order valence-electron chi connectivity index (χ4n) is 1.11. The predicted octanol–water partition coefficient (Wildman–Crippen LogP) is 3.47. The Kier molecular flexibility index (Phi) is 3.31. The van der Waals surface area contributed by atoms with Crippen molar-refractivity contribution in [3.8, 4) is 0 Å². The third-order valence-corrected chi connectivity index (χ3v) is 2.52. The largest absolute Gasteiger partial charge is 0.316 e. The van der Waals surface area contributed by atoms with E-state index in [1.165, 1.54) is 5.56 Å². The van der Waals surface area contributed by atoms with Crippen LogP contribution in [-0.4, -0.2) is 6.54 Å². The normalized spacial score (nSPS) is 12.1. The van der Waals surface area contributed by atoms with Crippen LogP contribution in [0.2, 0.25) is 0 Å². The van der Waals surface area contributed by atoms with Crippen molar-refractivity contribution in [1.29, 1.82) is 0 Å². The van der Waals surface area contributed by atoms with Gasteiger partial charge in [0.25, 0.3) is 0 Å². The molecular formula is C10H10BrN. The van der Waals surface area contributed by atoms with Crippen LogP contribution in [0, 0.1) is 6.57 Å². The molecule has 1 nitrogen and oxygen atoms in total. The number of hydrogen-bond acceptors (Lipinski definition) is 0. The van der Waals surface area contributed by atoms with Gasteiger partial charge in [-0.2, -0.15) is 0 Å². The van der Waals surface area contributed by atoms with E-state index in [2.05, 4.69) is 33.8 Å². The Balaban J connectivity index is 2.88. The number of nitrogens with zero attached hydrogens (tertiary/aromatic N) is 1. The molecule has 1 atom stereocenters. The van der Waals surface area contributed by atoms with Crippen molar-refractivity contribution in [2.24, 2.45) is 0 Å². The summed E-state index contributed by atoms with van der Waals surface area (Å²) in [6.07, 6.45) is 0. The van der Waals surface area contributed by atoms with Gasteiger partial charge in [-0.15, -0.1) is 0 Å². The highest BCUT2D eigenvalue weighted by atomic mass is 79.9. The lowest BCUT2D eigenvalue weighted by Crippen LogP contribution is -1.96. The monoisotopic (exact) mass is 223 g/mol. The first-order valence-corrected chi connectivity index (χ1v) is 4.62. The van der Waals surface area contributed by atoms with Crippen LogP contribution in [0.1, 0.15) is 18.4 Å². The molecule has 0 aliphatic carbocycles. The summed E-state index contributed by atoms with van der Waals surface area (Å²) in [5.74, 6) is 0.318. The van der Waals surface area contributed by atoms with Crippen LogP contribution in [0.5, 0.6) is 0 Å². The summed E-state index contributed by atoms with van der Waals surface area (Å²) in [5, 5.41) is 0. The number of benzene rings is 1. The Morgan fingerprint density at radius 1 is 1.50 bits per heavy atom. The molecule has 0 spiro atoms. The maximum atomic E-state index is 6.76. The summed E-state index contributed by atoms with van der Waals surface area (Å²) in [6.45, 7) is 9.39. The lowest BCUT2D eigenvalue weighted by Gasteiger charge is -2.06. The molecule has 12 heavy (non-hydrogen) atoms. The Bertz CT molecular complexity index is 301. The zero-order valence-corrected chi connectivity index (χ0v) is 8.51. The molecule has 0 fully saturated rings.